The minimum Gasteiger partial charge on any atom is -0.460 e. The Balaban J connectivity index is 1.46. The zero-order valence-corrected chi connectivity index (χ0v) is 15.5. The van der Waals surface area contributed by atoms with Crippen LogP contribution in [0, 0.1) is 25.5 Å². The largest absolute Gasteiger partial charge is 0.460 e. The summed E-state index contributed by atoms with van der Waals surface area (Å²) in [6, 6.07) is 5.57. The normalized spacial score (nSPS) is 19.6. The number of aromatic nitrogens is 2. The van der Waals surface area contributed by atoms with Crippen molar-refractivity contribution >= 4 is 5.91 Å². The van der Waals surface area contributed by atoms with Crippen molar-refractivity contribution in [3.05, 3.63) is 52.9 Å². The van der Waals surface area contributed by atoms with Crippen LogP contribution in [-0.4, -0.2) is 28.0 Å². The number of nitrogens with zero attached hydrogens (tertiary/aromatic N) is 2. The maximum atomic E-state index is 13.7. The minimum atomic E-state index is -0.698. The van der Waals surface area contributed by atoms with E-state index < -0.39 is 11.6 Å². The van der Waals surface area contributed by atoms with Gasteiger partial charge in [0, 0.05) is 23.5 Å². The van der Waals surface area contributed by atoms with Crippen LogP contribution in [0.4, 0.5) is 8.78 Å². The van der Waals surface area contributed by atoms with Gasteiger partial charge in [0.1, 0.15) is 17.7 Å². The SMILES string of the molecule is Cc1cc(C)nc(OC2CCC(NC(=O)Cc3ccc(F)cc3F)CC2)n1. The zero-order valence-electron chi connectivity index (χ0n) is 15.5. The van der Waals surface area contributed by atoms with Crippen molar-refractivity contribution in [3.8, 4) is 6.01 Å². The van der Waals surface area contributed by atoms with E-state index >= 15 is 0 Å². The van der Waals surface area contributed by atoms with E-state index in [2.05, 4.69) is 15.3 Å². The number of rotatable bonds is 5. The molecule has 2 aromatic rings. The Morgan fingerprint density at radius 3 is 2.41 bits per heavy atom. The van der Waals surface area contributed by atoms with Crippen molar-refractivity contribution in [2.45, 2.75) is 58.1 Å². The van der Waals surface area contributed by atoms with Gasteiger partial charge in [-0.3, -0.25) is 4.79 Å². The lowest BCUT2D eigenvalue weighted by molar-refractivity contribution is -0.121. The van der Waals surface area contributed by atoms with Crippen LogP contribution in [0.3, 0.4) is 0 Å². The molecule has 0 spiro atoms. The summed E-state index contributed by atoms with van der Waals surface area (Å²) >= 11 is 0. The standard InChI is InChI=1S/C20H23F2N3O2/c1-12-9-13(2)24-20(23-12)27-17-7-5-16(6-8-17)25-19(26)10-14-3-4-15(21)11-18(14)22/h3-4,9,11,16-17H,5-8,10H2,1-2H3,(H,25,26). The maximum Gasteiger partial charge on any atom is 0.317 e. The lowest BCUT2D eigenvalue weighted by Gasteiger charge is -2.29. The van der Waals surface area contributed by atoms with Gasteiger partial charge >= 0.3 is 6.01 Å². The van der Waals surface area contributed by atoms with Crippen LogP contribution in [0.15, 0.2) is 24.3 Å². The molecule has 0 bridgehead atoms. The Morgan fingerprint density at radius 1 is 1.11 bits per heavy atom. The maximum absolute atomic E-state index is 13.7. The average molecular weight is 375 g/mol. The number of halogens is 2. The highest BCUT2D eigenvalue weighted by molar-refractivity contribution is 5.78. The molecule has 1 aromatic carbocycles. The number of amides is 1. The predicted octanol–water partition coefficient (Wildman–Crippen LogP) is 3.42. The molecule has 7 heteroatoms. The second-order valence-electron chi connectivity index (χ2n) is 7.00. The number of hydrogen-bond donors (Lipinski definition) is 1. The number of aryl methyl sites for hydroxylation is 2. The first-order valence-corrected chi connectivity index (χ1v) is 9.11. The molecule has 0 unspecified atom stereocenters. The fourth-order valence-corrected chi connectivity index (χ4v) is 3.34. The summed E-state index contributed by atoms with van der Waals surface area (Å²) in [6.45, 7) is 3.80. The van der Waals surface area contributed by atoms with E-state index in [1.165, 1.54) is 6.07 Å². The smallest absolute Gasteiger partial charge is 0.317 e. The second kappa shape index (κ2) is 8.41. The molecule has 1 aliphatic carbocycles. The second-order valence-corrected chi connectivity index (χ2v) is 7.00. The molecule has 1 heterocycles. The Kier molecular flexibility index (Phi) is 5.98. The molecule has 1 aliphatic rings. The first-order valence-electron chi connectivity index (χ1n) is 9.11. The predicted molar refractivity (Wildman–Crippen MR) is 96.4 cm³/mol. The van der Waals surface area contributed by atoms with Crippen molar-refractivity contribution in [1.29, 1.82) is 0 Å². The Bertz CT molecular complexity index is 801. The molecule has 3 rings (SSSR count). The molecule has 0 radical (unpaired) electrons. The fraction of sp³-hybridized carbons (Fsp3) is 0.450. The van der Waals surface area contributed by atoms with Crippen molar-refractivity contribution in [2.24, 2.45) is 0 Å². The molecule has 27 heavy (non-hydrogen) atoms. The van der Waals surface area contributed by atoms with Gasteiger partial charge in [-0.05, 0) is 57.2 Å². The van der Waals surface area contributed by atoms with Gasteiger partial charge in [-0.15, -0.1) is 0 Å². The van der Waals surface area contributed by atoms with Crippen LogP contribution >= 0.6 is 0 Å². The molecule has 1 saturated carbocycles. The zero-order chi connectivity index (χ0) is 19.4. The van der Waals surface area contributed by atoms with Gasteiger partial charge in [0.25, 0.3) is 0 Å². The quantitative estimate of drug-likeness (QED) is 0.870. The van der Waals surface area contributed by atoms with Crippen molar-refractivity contribution in [1.82, 2.24) is 15.3 Å². The van der Waals surface area contributed by atoms with E-state index in [9.17, 15) is 13.6 Å². The van der Waals surface area contributed by atoms with Crippen LogP contribution in [0.2, 0.25) is 0 Å². The molecule has 0 atom stereocenters. The average Bonchev–Trinajstić information content (AvgIpc) is 2.58. The van der Waals surface area contributed by atoms with Gasteiger partial charge in [-0.25, -0.2) is 18.7 Å². The van der Waals surface area contributed by atoms with Gasteiger partial charge in [-0.1, -0.05) is 6.07 Å². The number of carbonyl (C=O) groups excluding carboxylic acids is 1. The summed E-state index contributed by atoms with van der Waals surface area (Å²) in [5.41, 5.74) is 1.93. The third-order valence-electron chi connectivity index (χ3n) is 4.64. The first-order chi connectivity index (χ1) is 12.9. The molecule has 0 aliphatic heterocycles. The first kappa shape index (κ1) is 19.2. The highest BCUT2D eigenvalue weighted by Crippen LogP contribution is 2.23. The summed E-state index contributed by atoms with van der Waals surface area (Å²) in [5, 5.41) is 2.93. The molecular formula is C20H23F2N3O2. The van der Waals surface area contributed by atoms with Crippen molar-refractivity contribution < 1.29 is 18.3 Å². The minimum absolute atomic E-state index is 0.0221. The molecule has 1 N–H and O–H groups in total. The third-order valence-corrected chi connectivity index (χ3v) is 4.64. The van der Waals surface area contributed by atoms with Gasteiger partial charge in [0.2, 0.25) is 5.91 Å². The van der Waals surface area contributed by atoms with Crippen LogP contribution in [0.5, 0.6) is 6.01 Å². The van der Waals surface area contributed by atoms with Gasteiger partial charge < -0.3 is 10.1 Å². The highest BCUT2D eigenvalue weighted by Gasteiger charge is 2.24. The molecule has 5 nitrogen and oxygen atoms in total. The van der Waals surface area contributed by atoms with Gasteiger partial charge in [0.15, 0.2) is 0 Å². The number of nitrogens with one attached hydrogen (secondary N) is 1. The van der Waals surface area contributed by atoms with E-state index in [1.807, 2.05) is 19.9 Å². The lowest BCUT2D eigenvalue weighted by atomic mass is 9.92. The Hall–Kier alpha value is -2.57. The summed E-state index contributed by atoms with van der Waals surface area (Å²) in [5.74, 6) is -1.61. The lowest BCUT2D eigenvalue weighted by Crippen LogP contribution is -2.40. The van der Waals surface area contributed by atoms with E-state index in [0.717, 1.165) is 49.2 Å². The van der Waals surface area contributed by atoms with Crippen molar-refractivity contribution in [3.63, 3.8) is 0 Å². The fourth-order valence-electron chi connectivity index (χ4n) is 3.34. The monoisotopic (exact) mass is 375 g/mol. The Morgan fingerprint density at radius 2 is 1.78 bits per heavy atom. The number of ether oxygens (including phenoxy) is 1. The van der Waals surface area contributed by atoms with Gasteiger partial charge in [-0.2, -0.15) is 0 Å². The Labute approximate surface area is 157 Å². The van der Waals surface area contributed by atoms with Crippen molar-refractivity contribution in [2.75, 3.05) is 0 Å². The molecule has 1 aromatic heterocycles. The summed E-state index contributed by atoms with van der Waals surface area (Å²) in [6.07, 6.45) is 3.03. The van der Waals surface area contributed by atoms with Crippen LogP contribution in [0.25, 0.3) is 0 Å². The molecule has 1 amide bonds. The van der Waals surface area contributed by atoms with Crippen LogP contribution in [0.1, 0.15) is 42.6 Å². The number of carbonyl (C=O) groups is 1. The molecule has 1 fully saturated rings. The van der Waals surface area contributed by atoms with E-state index in [-0.39, 0.29) is 30.0 Å². The van der Waals surface area contributed by atoms with E-state index in [4.69, 9.17) is 4.74 Å². The number of benzene rings is 1. The number of hydrogen-bond acceptors (Lipinski definition) is 4. The van der Waals surface area contributed by atoms with E-state index in [1.54, 1.807) is 0 Å². The topological polar surface area (TPSA) is 64.1 Å². The molecule has 144 valence electrons. The van der Waals surface area contributed by atoms with Gasteiger partial charge in [0.05, 0.1) is 6.42 Å². The van der Waals surface area contributed by atoms with Crippen LogP contribution < -0.4 is 10.1 Å². The summed E-state index contributed by atoms with van der Waals surface area (Å²) < 4.78 is 32.5. The molecule has 0 saturated heterocycles. The molecular weight excluding hydrogens is 352 g/mol. The van der Waals surface area contributed by atoms with E-state index in [0.29, 0.717) is 6.01 Å². The van der Waals surface area contributed by atoms with Crippen LogP contribution in [-0.2, 0) is 11.2 Å². The summed E-state index contributed by atoms with van der Waals surface area (Å²) in [7, 11) is 0. The summed E-state index contributed by atoms with van der Waals surface area (Å²) in [4.78, 5) is 20.7. The highest BCUT2D eigenvalue weighted by atomic mass is 19.1. The third kappa shape index (κ3) is 5.45.